The summed E-state index contributed by atoms with van der Waals surface area (Å²) in [7, 11) is 1.34. The topological polar surface area (TPSA) is 126 Å². The Bertz CT molecular complexity index is 1280. The Balaban J connectivity index is 0.00000324. The van der Waals surface area contributed by atoms with E-state index in [4.69, 9.17) is 0 Å². The molecule has 0 saturated heterocycles. The average molecular weight is 519 g/mol. The SMILES string of the molecule is Cn1ccc([O-])c(NC(=O)N[C@@H](CC(=O)[O-])c2cc(-c3ccccc3)cc(C(F)(F)F)c2)c1=O.[Na+].[Na+]. The van der Waals surface area contributed by atoms with E-state index < -0.39 is 53.2 Å². The van der Waals surface area contributed by atoms with Crippen LogP contribution in [0.3, 0.4) is 0 Å². The molecule has 0 spiro atoms. The van der Waals surface area contributed by atoms with Gasteiger partial charge in [-0.2, -0.15) is 13.2 Å². The summed E-state index contributed by atoms with van der Waals surface area (Å²) in [5.41, 5.74) is -2.03. The molecular weight excluding hydrogens is 501 g/mol. The van der Waals surface area contributed by atoms with Gasteiger partial charge in [0, 0.05) is 25.6 Å². The van der Waals surface area contributed by atoms with Crippen LogP contribution in [-0.4, -0.2) is 16.6 Å². The molecule has 1 aromatic heterocycles. The normalized spacial score (nSPS) is 11.4. The molecule has 13 heteroatoms. The van der Waals surface area contributed by atoms with Crippen molar-refractivity contribution in [2.24, 2.45) is 7.05 Å². The Kier molecular flexibility index (Phi) is 11.7. The Morgan fingerprint density at radius 1 is 1.03 bits per heavy atom. The molecule has 2 aromatic carbocycles. The van der Waals surface area contributed by atoms with Crippen LogP contribution in [0, 0.1) is 0 Å². The average Bonchev–Trinajstić information content (AvgIpc) is 2.78. The first-order valence-corrected chi connectivity index (χ1v) is 9.87. The fourth-order valence-electron chi connectivity index (χ4n) is 3.27. The minimum atomic E-state index is -4.75. The minimum Gasteiger partial charge on any atom is -0.871 e. The Hall–Kier alpha value is -2.28. The number of hydrogen-bond acceptors (Lipinski definition) is 5. The van der Waals surface area contributed by atoms with E-state index in [1.807, 2.05) is 0 Å². The summed E-state index contributed by atoms with van der Waals surface area (Å²) in [4.78, 5) is 35.9. The maximum absolute atomic E-state index is 13.6. The quantitative estimate of drug-likeness (QED) is 0.323. The molecule has 0 aliphatic heterocycles. The number of aryl methyl sites for hydroxylation is 1. The van der Waals surface area contributed by atoms with E-state index >= 15 is 0 Å². The van der Waals surface area contributed by atoms with Gasteiger partial charge in [-0.25, -0.2) is 4.79 Å². The van der Waals surface area contributed by atoms with Crippen molar-refractivity contribution in [3.63, 3.8) is 0 Å². The third-order valence-electron chi connectivity index (χ3n) is 4.94. The molecule has 36 heavy (non-hydrogen) atoms. The van der Waals surface area contributed by atoms with Crippen molar-refractivity contribution in [3.8, 4) is 16.9 Å². The molecule has 0 saturated carbocycles. The molecule has 1 atom stereocenters. The number of carbonyl (C=O) groups excluding carboxylic acids is 2. The van der Waals surface area contributed by atoms with Gasteiger partial charge in [-0.15, -0.1) is 0 Å². The number of pyridine rings is 1. The van der Waals surface area contributed by atoms with Gasteiger partial charge in [-0.3, -0.25) is 4.79 Å². The number of carboxylic acids is 1. The summed E-state index contributed by atoms with van der Waals surface area (Å²) in [6.07, 6.45) is -4.41. The number of halogens is 3. The first kappa shape index (κ1) is 31.7. The van der Waals surface area contributed by atoms with Crippen LogP contribution in [0.4, 0.5) is 23.7 Å². The number of benzene rings is 2. The zero-order chi connectivity index (χ0) is 25.0. The van der Waals surface area contributed by atoms with Gasteiger partial charge in [-0.1, -0.05) is 42.1 Å². The molecule has 0 bridgehead atoms. The Morgan fingerprint density at radius 3 is 2.25 bits per heavy atom. The van der Waals surface area contributed by atoms with Crippen molar-refractivity contribution in [2.45, 2.75) is 18.6 Å². The van der Waals surface area contributed by atoms with Crippen molar-refractivity contribution in [3.05, 3.63) is 82.3 Å². The van der Waals surface area contributed by atoms with Crippen LogP contribution < -0.4 is 85.5 Å². The number of alkyl halides is 3. The number of nitrogens with zero attached hydrogens (tertiary/aromatic N) is 1. The second-order valence-corrected chi connectivity index (χ2v) is 7.41. The Labute approximate surface area is 248 Å². The van der Waals surface area contributed by atoms with Crippen LogP contribution >= 0.6 is 0 Å². The number of carboxylic acid groups (broad SMARTS) is 1. The van der Waals surface area contributed by atoms with Crippen LogP contribution in [0.15, 0.2) is 65.6 Å². The van der Waals surface area contributed by atoms with Crippen molar-refractivity contribution in [1.82, 2.24) is 9.88 Å². The number of urea groups is 1. The first-order chi connectivity index (χ1) is 16.0. The third kappa shape index (κ3) is 8.12. The Morgan fingerprint density at radius 2 is 1.67 bits per heavy atom. The van der Waals surface area contributed by atoms with Crippen LogP contribution in [0.25, 0.3) is 11.1 Å². The van der Waals surface area contributed by atoms with E-state index in [-0.39, 0.29) is 70.2 Å². The van der Waals surface area contributed by atoms with E-state index in [1.165, 1.54) is 19.3 Å². The van der Waals surface area contributed by atoms with Crippen LogP contribution in [-0.2, 0) is 18.0 Å². The predicted molar refractivity (Wildman–Crippen MR) is 113 cm³/mol. The van der Waals surface area contributed by atoms with E-state index in [0.717, 1.165) is 22.8 Å². The van der Waals surface area contributed by atoms with Crippen LogP contribution in [0.2, 0.25) is 0 Å². The zero-order valence-electron chi connectivity index (χ0n) is 19.7. The number of nitrogens with one attached hydrogen (secondary N) is 2. The maximum Gasteiger partial charge on any atom is 1.00 e. The predicted octanol–water partition coefficient (Wildman–Crippen LogP) is -3.84. The van der Waals surface area contributed by atoms with Gasteiger partial charge < -0.3 is 30.2 Å². The summed E-state index contributed by atoms with van der Waals surface area (Å²) in [5, 5.41) is 27.5. The van der Waals surface area contributed by atoms with Gasteiger partial charge in [0.15, 0.2) is 0 Å². The monoisotopic (exact) mass is 519 g/mol. The smallest absolute Gasteiger partial charge is 0.871 e. The van der Waals surface area contributed by atoms with Crippen molar-refractivity contribution in [1.29, 1.82) is 0 Å². The number of amides is 2. The molecule has 0 fully saturated rings. The van der Waals surface area contributed by atoms with Crippen molar-refractivity contribution >= 4 is 17.7 Å². The molecule has 1 heterocycles. The van der Waals surface area contributed by atoms with E-state index in [2.05, 4.69) is 10.6 Å². The fraction of sp³-hybridized carbons (Fsp3) is 0.174. The summed E-state index contributed by atoms with van der Waals surface area (Å²) in [6.45, 7) is 0. The van der Waals surface area contributed by atoms with Gasteiger partial charge in [0.2, 0.25) is 0 Å². The standard InChI is InChI=1S/C23H20F3N3O5.2Na/c1-29-8-7-18(30)20(21(29)33)28-22(34)27-17(12-19(31)32)15-9-14(13-5-3-2-4-6-13)10-16(11-15)23(24,25)26;;/h2-11,17,30H,12H2,1H3,(H,31,32)(H2,27,28,34);;/q;2*+1/p-2/t17-;;/m0../s1. The molecule has 0 radical (unpaired) electrons. The van der Waals surface area contributed by atoms with Gasteiger partial charge >= 0.3 is 71.3 Å². The maximum atomic E-state index is 13.6. The zero-order valence-corrected chi connectivity index (χ0v) is 23.7. The van der Waals surface area contributed by atoms with Gasteiger partial charge in [0.05, 0.1) is 11.6 Å². The summed E-state index contributed by atoms with van der Waals surface area (Å²) in [6, 6.07) is 9.47. The van der Waals surface area contributed by atoms with Gasteiger partial charge in [0.1, 0.15) is 5.69 Å². The molecular formula is C23H18F3N3Na2O5. The summed E-state index contributed by atoms with van der Waals surface area (Å²) >= 11 is 0. The molecule has 0 aliphatic carbocycles. The van der Waals surface area contributed by atoms with Gasteiger partial charge in [0.25, 0.3) is 5.56 Å². The van der Waals surface area contributed by atoms with E-state index in [9.17, 15) is 37.8 Å². The molecule has 3 aromatic rings. The van der Waals surface area contributed by atoms with Crippen LogP contribution in [0.5, 0.6) is 5.75 Å². The molecule has 2 amide bonds. The fourth-order valence-corrected chi connectivity index (χ4v) is 3.27. The number of carbonyl (C=O) groups is 2. The molecule has 0 unspecified atom stereocenters. The number of hydrogen-bond donors (Lipinski definition) is 2. The number of anilines is 1. The van der Waals surface area contributed by atoms with E-state index in [0.29, 0.717) is 5.56 Å². The molecule has 3 rings (SSSR count). The number of aromatic nitrogens is 1. The minimum absolute atomic E-state index is 0. The second kappa shape index (κ2) is 13.3. The summed E-state index contributed by atoms with van der Waals surface area (Å²) < 4.78 is 41.7. The largest absolute Gasteiger partial charge is 1.00 e. The van der Waals surface area contributed by atoms with Crippen LogP contribution in [0.1, 0.15) is 23.6 Å². The number of aliphatic carboxylic acids is 1. The molecule has 0 aliphatic rings. The first-order valence-electron chi connectivity index (χ1n) is 9.87. The molecule has 8 nitrogen and oxygen atoms in total. The van der Waals surface area contributed by atoms with E-state index in [1.54, 1.807) is 30.3 Å². The molecule has 178 valence electrons. The van der Waals surface area contributed by atoms with Crippen molar-refractivity contribution in [2.75, 3.05) is 5.32 Å². The third-order valence-corrected chi connectivity index (χ3v) is 4.94. The number of rotatable bonds is 6. The summed E-state index contributed by atoms with van der Waals surface area (Å²) in [5.74, 6) is -2.43. The van der Waals surface area contributed by atoms with Gasteiger partial charge in [-0.05, 0) is 34.9 Å². The van der Waals surface area contributed by atoms with Crippen molar-refractivity contribution < 1.29 is 92.1 Å². The second-order valence-electron chi connectivity index (χ2n) is 7.41. The molecule has 2 N–H and O–H groups in total.